The molecule has 0 saturated heterocycles. The minimum atomic E-state index is -0.901. The lowest BCUT2D eigenvalue weighted by Crippen LogP contribution is -2.15. The zero-order chi connectivity index (χ0) is 13.0. The summed E-state index contributed by atoms with van der Waals surface area (Å²) in [5.41, 5.74) is 7.42. The Morgan fingerprint density at radius 2 is 2.17 bits per heavy atom. The third-order valence-electron chi connectivity index (χ3n) is 3.06. The molecule has 0 saturated carbocycles. The first-order valence-corrected chi connectivity index (χ1v) is 6.54. The summed E-state index contributed by atoms with van der Waals surface area (Å²) in [5, 5.41) is 0. The van der Waals surface area contributed by atoms with Crippen LogP contribution in [0.3, 0.4) is 0 Å². The predicted octanol–water partition coefficient (Wildman–Crippen LogP) is 2.68. The zero-order valence-corrected chi connectivity index (χ0v) is 10.8. The second kappa shape index (κ2) is 5.96. The molecular weight excluding hydrogens is 229 g/mol. The molecule has 0 fully saturated rings. The second-order valence-corrected chi connectivity index (χ2v) is 4.55. The van der Waals surface area contributed by atoms with Crippen LogP contribution >= 0.6 is 0 Å². The highest BCUT2D eigenvalue weighted by Crippen LogP contribution is 2.18. The van der Waals surface area contributed by atoms with Gasteiger partial charge in [-0.25, -0.2) is 9.37 Å². The van der Waals surface area contributed by atoms with E-state index in [9.17, 15) is 4.39 Å². The maximum atomic E-state index is 13.7. The summed E-state index contributed by atoms with van der Waals surface area (Å²) in [4.78, 5) is 4.54. The van der Waals surface area contributed by atoms with Crippen molar-refractivity contribution in [3.05, 3.63) is 30.1 Å². The molecule has 1 aromatic carbocycles. The Hall–Kier alpha value is -1.42. The Labute approximate surface area is 107 Å². The van der Waals surface area contributed by atoms with Gasteiger partial charge in [-0.05, 0) is 31.5 Å². The van der Waals surface area contributed by atoms with E-state index in [1.807, 2.05) is 24.3 Å². The number of alkyl halides is 1. The first kappa shape index (κ1) is 13.0. The molecule has 3 nitrogen and oxygen atoms in total. The Bertz CT molecular complexity index is 507. The molecule has 1 aromatic heterocycles. The number of hydrogen-bond donors (Lipinski definition) is 1. The van der Waals surface area contributed by atoms with Crippen LogP contribution in [0.2, 0.25) is 0 Å². The van der Waals surface area contributed by atoms with Gasteiger partial charge in [0.1, 0.15) is 12.0 Å². The molecule has 1 unspecified atom stereocenters. The quantitative estimate of drug-likeness (QED) is 0.855. The standard InChI is InChI=1S/C14H20FN3/c1-2-9-18-13-6-4-3-5-12(13)17-14(18)10-11(15)7-8-16/h3-6,11H,2,7-10,16H2,1H3. The van der Waals surface area contributed by atoms with Crippen LogP contribution < -0.4 is 5.73 Å². The predicted molar refractivity (Wildman–Crippen MR) is 72.3 cm³/mol. The summed E-state index contributed by atoms with van der Waals surface area (Å²) in [6.45, 7) is 3.38. The van der Waals surface area contributed by atoms with Crippen LogP contribution in [-0.2, 0) is 13.0 Å². The van der Waals surface area contributed by atoms with Gasteiger partial charge < -0.3 is 10.3 Å². The van der Waals surface area contributed by atoms with Crippen molar-refractivity contribution in [2.24, 2.45) is 5.73 Å². The van der Waals surface area contributed by atoms with E-state index in [1.54, 1.807) is 0 Å². The third kappa shape index (κ3) is 2.70. The summed E-state index contributed by atoms with van der Waals surface area (Å²) in [6, 6.07) is 7.97. The average molecular weight is 249 g/mol. The first-order chi connectivity index (χ1) is 8.76. The molecule has 4 heteroatoms. The molecule has 1 heterocycles. The number of imidazole rings is 1. The summed E-state index contributed by atoms with van der Waals surface area (Å²) in [5.74, 6) is 0.832. The van der Waals surface area contributed by atoms with E-state index in [0.717, 1.165) is 29.8 Å². The molecule has 2 rings (SSSR count). The van der Waals surface area contributed by atoms with Crippen LogP contribution in [0.25, 0.3) is 11.0 Å². The van der Waals surface area contributed by atoms with Gasteiger partial charge in [0.25, 0.3) is 0 Å². The topological polar surface area (TPSA) is 43.8 Å². The lowest BCUT2D eigenvalue weighted by molar-refractivity contribution is 0.309. The van der Waals surface area contributed by atoms with E-state index < -0.39 is 6.17 Å². The molecule has 0 aliphatic heterocycles. The number of hydrogen-bond acceptors (Lipinski definition) is 2. The lowest BCUT2D eigenvalue weighted by Gasteiger charge is -2.10. The van der Waals surface area contributed by atoms with Gasteiger partial charge in [-0.2, -0.15) is 0 Å². The van der Waals surface area contributed by atoms with Crippen LogP contribution in [-0.4, -0.2) is 22.3 Å². The van der Waals surface area contributed by atoms with Crippen molar-refractivity contribution in [1.29, 1.82) is 0 Å². The third-order valence-corrected chi connectivity index (χ3v) is 3.06. The van der Waals surface area contributed by atoms with Crippen molar-refractivity contribution in [3.8, 4) is 0 Å². The average Bonchev–Trinajstić information content (AvgIpc) is 2.68. The van der Waals surface area contributed by atoms with E-state index in [2.05, 4.69) is 16.5 Å². The molecular formula is C14H20FN3. The zero-order valence-electron chi connectivity index (χ0n) is 10.8. The largest absolute Gasteiger partial charge is 0.330 e. The van der Waals surface area contributed by atoms with Crippen molar-refractivity contribution in [2.75, 3.05) is 6.54 Å². The van der Waals surface area contributed by atoms with Gasteiger partial charge in [0, 0.05) is 13.0 Å². The van der Waals surface area contributed by atoms with Crippen LogP contribution in [0.4, 0.5) is 4.39 Å². The first-order valence-electron chi connectivity index (χ1n) is 6.54. The number of aromatic nitrogens is 2. The Morgan fingerprint density at radius 3 is 2.89 bits per heavy atom. The molecule has 2 aromatic rings. The SMILES string of the molecule is CCCn1c(CC(F)CCN)nc2ccccc21. The molecule has 1 atom stereocenters. The number of benzene rings is 1. The van der Waals surface area contributed by atoms with Crippen LogP contribution in [0.5, 0.6) is 0 Å². The monoisotopic (exact) mass is 249 g/mol. The van der Waals surface area contributed by atoms with Crippen molar-refractivity contribution < 1.29 is 4.39 Å². The van der Waals surface area contributed by atoms with Gasteiger partial charge in [-0.15, -0.1) is 0 Å². The number of nitrogens with zero attached hydrogens (tertiary/aromatic N) is 2. The maximum Gasteiger partial charge on any atom is 0.112 e. The minimum absolute atomic E-state index is 0.353. The Balaban J connectivity index is 2.33. The summed E-state index contributed by atoms with van der Waals surface area (Å²) < 4.78 is 15.8. The number of para-hydroxylation sites is 2. The maximum absolute atomic E-state index is 13.7. The lowest BCUT2D eigenvalue weighted by atomic mass is 10.2. The number of halogens is 1. The van der Waals surface area contributed by atoms with E-state index in [4.69, 9.17) is 5.73 Å². The second-order valence-electron chi connectivity index (χ2n) is 4.55. The molecule has 0 bridgehead atoms. The number of aryl methyl sites for hydroxylation is 1. The summed E-state index contributed by atoms with van der Waals surface area (Å²) in [7, 11) is 0. The molecule has 0 aliphatic carbocycles. The van der Waals surface area contributed by atoms with Crippen molar-refractivity contribution in [1.82, 2.24) is 9.55 Å². The number of nitrogens with two attached hydrogens (primary N) is 1. The van der Waals surface area contributed by atoms with Gasteiger partial charge >= 0.3 is 0 Å². The van der Waals surface area contributed by atoms with E-state index in [0.29, 0.717) is 19.4 Å². The van der Waals surface area contributed by atoms with Gasteiger partial charge in [-0.1, -0.05) is 19.1 Å². The fourth-order valence-corrected chi connectivity index (χ4v) is 2.24. The van der Waals surface area contributed by atoms with Crippen LogP contribution in [0.15, 0.2) is 24.3 Å². The van der Waals surface area contributed by atoms with Gasteiger partial charge in [0.2, 0.25) is 0 Å². The normalized spacial score (nSPS) is 13.1. The highest BCUT2D eigenvalue weighted by Gasteiger charge is 2.14. The molecule has 2 N–H and O–H groups in total. The van der Waals surface area contributed by atoms with Crippen molar-refractivity contribution in [3.63, 3.8) is 0 Å². The number of rotatable bonds is 6. The Kier molecular flexibility index (Phi) is 4.31. The fraction of sp³-hybridized carbons (Fsp3) is 0.500. The molecule has 18 heavy (non-hydrogen) atoms. The van der Waals surface area contributed by atoms with E-state index in [1.165, 1.54) is 0 Å². The van der Waals surface area contributed by atoms with Gasteiger partial charge in [0.05, 0.1) is 11.0 Å². The molecule has 0 aliphatic rings. The molecule has 98 valence electrons. The number of fused-ring (bicyclic) bond motifs is 1. The van der Waals surface area contributed by atoms with Gasteiger partial charge in [0.15, 0.2) is 0 Å². The van der Waals surface area contributed by atoms with E-state index in [-0.39, 0.29) is 0 Å². The highest BCUT2D eigenvalue weighted by molar-refractivity contribution is 5.75. The molecule has 0 radical (unpaired) electrons. The minimum Gasteiger partial charge on any atom is -0.330 e. The fourth-order valence-electron chi connectivity index (χ4n) is 2.24. The van der Waals surface area contributed by atoms with Gasteiger partial charge in [-0.3, -0.25) is 0 Å². The van der Waals surface area contributed by atoms with Crippen LogP contribution in [0.1, 0.15) is 25.6 Å². The smallest absolute Gasteiger partial charge is 0.112 e. The molecule has 0 amide bonds. The Morgan fingerprint density at radius 1 is 1.39 bits per heavy atom. The molecule has 0 spiro atoms. The van der Waals surface area contributed by atoms with E-state index >= 15 is 0 Å². The van der Waals surface area contributed by atoms with Crippen molar-refractivity contribution in [2.45, 2.75) is 38.9 Å². The van der Waals surface area contributed by atoms with Crippen LogP contribution in [0, 0.1) is 0 Å². The highest BCUT2D eigenvalue weighted by atomic mass is 19.1. The summed E-state index contributed by atoms with van der Waals surface area (Å²) >= 11 is 0. The summed E-state index contributed by atoms with van der Waals surface area (Å²) in [6.07, 6.45) is 0.866. The van der Waals surface area contributed by atoms with Crippen molar-refractivity contribution >= 4 is 11.0 Å².